The Kier molecular flexibility index (Phi) is 8.12. The third-order valence-corrected chi connectivity index (χ3v) is 4.83. The molecular weight excluding hydrogens is 395 g/mol. The summed E-state index contributed by atoms with van der Waals surface area (Å²) in [4.78, 5) is 25.8. The Hall–Kier alpha value is -1.80. The number of hydrogen-bond acceptors (Lipinski definition) is 3. The van der Waals surface area contributed by atoms with Crippen LogP contribution in [0.3, 0.4) is 0 Å². The molecule has 0 spiro atoms. The van der Waals surface area contributed by atoms with Gasteiger partial charge in [-0.25, -0.2) is 0 Å². The Morgan fingerprint density at radius 1 is 1.29 bits per heavy atom. The first-order chi connectivity index (χ1) is 13.2. The van der Waals surface area contributed by atoms with Crippen molar-refractivity contribution in [2.75, 3.05) is 31.5 Å². The van der Waals surface area contributed by atoms with Gasteiger partial charge in [0, 0.05) is 24.5 Å². The highest BCUT2D eigenvalue weighted by atomic mass is 35.5. The molecule has 1 aromatic carbocycles. The molecule has 1 saturated heterocycles. The maximum Gasteiger partial charge on any atom is 0.418 e. The van der Waals surface area contributed by atoms with Crippen molar-refractivity contribution in [2.24, 2.45) is 5.92 Å². The van der Waals surface area contributed by atoms with Crippen molar-refractivity contribution in [2.45, 2.75) is 38.8 Å². The molecule has 1 unspecified atom stereocenters. The number of piperidine rings is 1. The van der Waals surface area contributed by atoms with E-state index < -0.39 is 17.6 Å². The topological polar surface area (TPSA) is 61.4 Å². The summed E-state index contributed by atoms with van der Waals surface area (Å²) < 4.78 is 39.4. The summed E-state index contributed by atoms with van der Waals surface area (Å²) in [5, 5.41) is 5.19. The first-order valence-electron chi connectivity index (χ1n) is 9.34. The van der Waals surface area contributed by atoms with Crippen LogP contribution in [0.15, 0.2) is 18.2 Å². The second kappa shape index (κ2) is 10.1. The lowest BCUT2D eigenvalue weighted by Gasteiger charge is -2.32. The van der Waals surface area contributed by atoms with Gasteiger partial charge in [0.05, 0.1) is 17.8 Å². The minimum Gasteiger partial charge on any atom is -0.356 e. The van der Waals surface area contributed by atoms with E-state index in [1.165, 1.54) is 6.07 Å². The van der Waals surface area contributed by atoms with Crippen LogP contribution < -0.4 is 10.6 Å². The summed E-state index contributed by atoms with van der Waals surface area (Å²) in [5.41, 5.74) is -1.27. The molecule has 0 bridgehead atoms. The summed E-state index contributed by atoms with van der Waals surface area (Å²) >= 11 is 5.65. The van der Waals surface area contributed by atoms with Gasteiger partial charge in [-0.15, -0.1) is 0 Å². The van der Waals surface area contributed by atoms with E-state index in [4.69, 9.17) is 11.6 Å². The zero-order chi connectivity index (χ0) is 20.7. The third-order valence-electron chi connectivity index (χ3n) is 4.60. The number of carbonyl (C=O) groups is 2. The molecule has 1 aromatic rings. The quantitative estimate of drug-likeness (QED) is 0.704. The van der Waals surface area contributed by atoms with Crippen LogP contribution in [0.2, 0.25) is 5.02 Å². The molecule has 0 aliphatic carbocycles. The van der Waals surface area contributed by atoms with Gasteiger partial charge in [0.15, 0.2) is 0 Å². The molecule has 1 aliphatic heterocycles. The van der Waals surface area contributed by atoms with Gasteiger partial charge in [0.1, 0.15) is 0 Å². The van der Waals surface area contributed by atoms with Crippen molar-refractivity contribution in [1.82, 2.24) is 10.2 Å². The lowest BCUT2D eigenvalue weighted by atomic mass is 9.98. The molecule has 0 radical (unpaired) electrons. The Morgan fingerprint density at radius 3 is 2.71 bits per heavy atom. The Bertz CT molecular complexity index is 697. The van der Waals surface area contributed by atoms with Gasteiger partial charge in [0.2, 0.25) is 11.8 Å². The lowest BCUT2D eigenvalue weighted by Crippen LogP contribution is -2.44. The van der Waals surface area contributed by atoms with E-state index in [2.05, 4.69) is 10.6 Å². The fourth-order valence-electron chi connectivity index (χ4n) is 3.29. The van der Waals surface area contributed by atoms with Crippen molar-refractivity contribution in [3.63, 3.8) is 0 Å². The predicted molar refractivity (Wildman–Crippen MR) is 102 cm³/mol. The summed E-state index contributed by atoms with van der Waals surface area (Å²) in [6, 6.07) is 3.26. The molecular formula is C19H25ClF3N3O2. The van der Waals surface area contributed by atoms with E-state index in [0.717, 1.165) is 31.4 Å². The Balaban J connectivity index is 1.90. The van der Waals surface area contributed by atoms with Crippen LogP contribution in [0, 0.1) is 5.92 Å². The van der Waals surface area contributed by atoms with Crippen LogP contribution in [0.1, 0.15) is 38.2 Å². The minimum absolute atomic E-state index is 0.000665. The normalized spacial score (nSPS) is 18.0. The van der Waals surface area contributed by atoms with E-state index in [1.54, 1.807) is 0 Å². The molecule has 1 heterocycles. The number of likely N-dealkylation sites (tertiary alicyclic amines) is 1. The lowest BCUT2D eigenvalue weighted by molar-refractivity contribution is -0.137. The van der Waals surface area contributed by atoms with Crippen molar-refractivity contribution in [3.8, 4) is 0 Å². The minimum atomic E-state index is -4.61. The smallest absolute Gasteiger partial charge is 0.356 e. The van der Waals surface area contributed by atoms with E-state index in [9.17, 15) is 22.8 Å². The number of nitrogens with zero attached hydrogens (tertiary/aromatic N) is 1. The zero-order valence-corrected chi connectivity index (χ0v) is 16.5. The van der Waals surface area contributed by atoms with Crippen molar-refractivity contribution < 1.29 is 22.8 Å². The predicted octanol–water partition coefficient (Wildman–Crippen LogP) is 3.93. The van der Waals surface area contributed by atoms with E-state index >= 15 is 0 Å². The molecule has 2 rings (SSSR count). The number of hydrogen-bond donors (Lipinski definition) is 2. The van der Waals surface area contributed by atoms with Gasteiger partial charge in [-0.3, -0.25) is 14.5 Å². The van der Waals surface area contributed by atoms with Gasteiger partial charge in [-0.2, -0.15) is 13.2 Å². The molecule has 1 fully saturated rings. The fraction of sp³-hybridized carbons (Fsp3) is 0.579. The summed E-state index contributed by atoms with van der Waals surface area (Å²) in [7, 11) is 0. The monoisotopic (exact) mass is 419 g/mol. The number of amides is 2. The molecule has 1 atom stereocenters. The standard InChI is InChI=1S/C19H25ClF3N3O2/c1-2-4-17(27)24-10-13-5-3-8-26(11-13)12-18(28)25-16-7-6-14(20)9-15(16)19(21,22)23/h6-7,9,13H,2-5,8,10-12H2,1H3,(H,24,27)(H,25,28). The van der Waals surface area contributed by atoms with Gasteiger partial charge in [0.25, 0.3) is 0 Å². The van der Waals surface area contributed by atoms with E-state index in [0.29, 0.717) is 26.1 Å². The SMILES string of the molecule is CCCC(=O)NCC1CCCN(CC(=O)Nc2ccc(Cl)cc2C(F)(F)F)C1. The summed E-state index contributed by atoms with van der Waals surface area (Å²) in [5.74, 6) is -0.271. The zero-order valence-electron chi connectivity index (χ0n) is 15.7. The van der Waals surface area contributed by atoms with Gasteiger partial charge in [-0.1, -0.05) is 18.5 Å². The van der Waals surface area contributed by atoms with Crippen LogP contribution in [0.25, 0.3) is 0 Å². The Morgan fingerprint density at radius 2 is 2.04 bits per heavy atom. The number of halogens is 4. The van der Waals surface area contributed by atoms with E-state index in [-0.39, 0.29) is 29.1 Å². The van der Waals surface area contributed by atoms with Crippen LogP contribution >= 0.6 is 11.6 Å². The first-order valence-corrected chi connectivity index (χ1v) is 9.72. The fourth-order valence-corrected chi connectivity index (χ4v) is 3.46. The molecule has 9 heteroatoms. The van der Waals surface area contributed by atoms with Crippen LogP contribution in [0.5, 0.6) is 0 Å². The van der Waals surface area contributed by atoms with Crippen LogP contribution in [-0.2, 0) is 15.8 Å². The molecule has 1 aliphatic rings. The number of benzene rings is 1. The number of rotatable bonds is 7. The van der Waals surface area contributed by atoms with Gasteiger partial charge < -0.3 is 10.6 Å². The van der Waals surface area contributed by atoms with Crippen LogP contribution in [-0.4, -0.2) is 42.9 Å². The van der Waals surface area contributed by atoms with Gasteiger partial charge >= 0.3 is 6.18 Å². The molecule has 0 aromatic heterocycles. The first kappa shape index (κ1) is 22.5. The maximum atomic E-state index is 13.1. The molecule has 5 nitrogen and oxygen atoms in total. The number of nitrogens with one attached hydrogen (secondary N) is 2. The van der Waals surface area contributed by atoms with E-state index in [1.807, 2.05) is 11.8 Å². The number of alkyl halides is 3. The second-order valence-electron chi connectivity index (χ2n) is 7.03. The van der Waals surface area contributed by atoms with Crippen molar-refractivity contribution >= 4 is 29.1 Å². The summed E-state index contributed by atoms with van der Waals surface area (Å²) in [6.45, 7) is 3.79. The maximum absolute atomic E-state index is 13.1. The van der Waals surface area contributed by atoms with Crippen molar-refractivity contribution in [1.29, 1.82) is 0 Å². The largest absolute Gasteiger partial charge is 0.418 e. The average molecular weight is 420 g/mol. The molecule has 156 valence electrons. The van der Waals surface area contributed by atoms with Crippen LogP contribution in [0.4, 0.5) is 18.9 Å². The second-order valence-corrected chi connectivity index (χ2v) is 7.47. The molecule has 2 amide bonds. The molecule has 28 heavy (non-hydrogen) atoms. The third kappa shape index (κ3) is 6.98. The highest BCUT2D eigenvalue weighted by Gasteiger charge is 2.34. The van der Waals surface area contributed by atoms with Gasteiger partial charge in [-0.05, 0) is 49.9 Å². The Labute approximate surface area is 167 Å². The van der Waals surface area contributed by atoms with Crippen molar-refractivity contribution in [3.05, 3.63) is 28.8 Å². The highest BCUT2D eigenvalue weighted by molar-refractivity contribution is 6.30. The average Bonchev–Trinajstić information content (AvgIpc) is 2.61. The molecule has 2 N–H and O–H groups in total. The highest BCUT2D eigenvalue weighted by Crippen LogP contribution is 2.36. The number of carbonyl (C=O) groups excluding carboxylic acids is 2. The summed E-state index contributed by atoms with van der Waals surface area (Å²) in [6.07, 6.45) is -1.52. The molecule has 0 saturated carbocycles. The number of anilines is 1.